The molecular formula is C18H34N2O2. The fraction of sp³-hybridized carbons (Fsp3) is 0.889. The molecule has 1 aliphatic rings. The molecule has 1 unspecified atom stereocenters. The SMILES string of the molecule is CC(=O)N1CCN(C(=O)C(C)(CC(C)(C)C)C(C)(C)C)CC1. The highest BCUT2D eigenvalue weighted by Gasteiger charge is 2.48. The first-order valence-corrected chi connectivity index (χ1v) is 8.33. The molecule has 2 amide bonds. The third-order valence-corrected chi connectivity index (χ3v) is 5.02. The van der Waals surface area contributed by atoms with E-state index in [4.69, 9.17) is 0 Å². The molecule has 0 aromatic carbocycles. The van der Waals surface area contributed by atoms with Crippen LogP contribution in [0.1, 0.15) is 61.8 Å². The van der Waals surface area contributed by atoms with Gasteiger partial charge in [-0.1, -0.05) is 48.5 Å². The van der Waals surface area contributed by atoms with Gasteiger partial charge >= 0.3 is 0 Å². The molecule has 0 bridgehead atoms. The number of rotatable bonds is 2. The van der Waals surface area contributed by atoms with Crippen molar-refractivity contribution in [1.29, 1.82) is 0 Å². The van der Waals surface area contributed by atoms with Crippen LogP contribution in [0.25, 0.3) is 0 Å². The lowest BCUT2D eigenvalue weighted by atomic mass is 9.60. The molecule has 0 aromatic rings. The number of hydrogen-bond donors (Lipinski definition) is 0. The van der Waals surface area contributed by atoms with Crippen molar-refractivity contribution >= 4 is 11.8 Å². The average molecular weight is 310 g/mol. The van der Waals surface area contributed by atoms with Crippen LogP contribution in [0.4, 0.5) is 0 Å². The predicted octanol–water partition coefficient (Wildman–Crippen LogP) is 3.17. The predicted molar refractivity (Wildman–Crippen MR) is 90.5 cm³/mol. The summed E-state index contributed by atoms with van der Waals surface area (Å²) in [5, 5.41) is 0. The zero-order valence-electron chi connectivity index (χ0n) is 15.7. The maximum Gasteiger partial charge on any atom is 0.229 e. The minimum atomic E-state index is -0.399. The molecule has 1 fully saturated rings. The van der Waals surface area contributed by atoms with Crippen LogP contribution >= 0.6 is 0 Å². The second-order valence-electron chi connectivity index (χ2n) is 9.12. The van der Waals surface area contributed by atoms with Gasteiger partial charge < -0.3 is 9.80 Å². The van der Waals surface area contributed by atoms with Gasteiger partial charge in [0.2, 0.25) is 11.8 Å². The number of piperazine rings is 1. The van der Waals surface area contributed by atoms with Crippen molar-refractivity contribution in [2.24, 2.45) is 16.2 Å². The Bertz CT molecular complexity index is 423. The summed E-state index contributed by atoms with van der Waals surface area (Å²) in [5.74, 6) is 0.332. The molecule has 1 saturated heterocycles. The van der Waals surface area contributed by atoms with Crippen molar-refractivity contribution in [3.63, 3.8) is 0 Å². The van der Waals surface area contributed by atoms with E-state index in [0.29, 0.717) is 26.2 Å². The maximum atomic E-state index is 13.2. The molecule has 1 atom stereocenters. The number of carbonyl (C=O) groups is 2. The molecule has 0 saturated carbocycles. The van der Waals surface area contributed by atoms with Crippen LogP contribution in [-0.2, 0) is 9.59 Å². The third kappa shape index (κ3) is 4.23. The molecule has 128 valence electrons. The second-order valence-corrected chi connectivity index (χ2v) is 9.12. The van der Waals surface area contributed by atoms with Crippen molar-refractivity contribution in [1.82, 2.24) is 9.80 Å². The minimum absolute atomic E-state index is 0.0961. The first-order valence-electron chi connectivity index (χ1n) is 8.33. The Morgan fingerprint density at radius 1 is 0.818 bits per heavy atom. The Kier molecular flexibility index (Phi) is 5.36. The van der Waals surface area contributed by atoms with Gasteiger partial charge in [-0.05, 0) is 17.3 Å². The smallest absolute Gasteiger partial charge is 0.229 e. The Balaban J connectivity index is 2.93. The lowest BCUT2D eigenvalue weighted by Crippen LogP contribution is -2.56. The Hall–Kier alpha value is -1.06. The molecule has 0 radical (unpaired) electrons. The Labute approximate surface area is 136 Å². The van der Waals surface area contributed by atoms with Gasteiger partial charge in [-0.3, -0.25) is 9.59 Å². The largest absolute Gasteiger partial charge is 0.339 e. The van der Waals surface area contributed by atoms with Crippen molar-refractivity contribution in [3.05, 3.63) is 0 Å². The summed E-state index contributed by atoms with van der Waals surface area (Å²) in [6.07, 6.45) is 0.856. The number of amides is 2. The molecule has 4 heteroatoms. The highest BCUT2D eigenvalue weighted by molar-refractivity contribution is 5.83. The molecule has 4 nitrogen and oxygen atoms in total. The van der Waals surface area contributed by atoms with E-state index in [1.807, 2.05) is 9.80 Å². The van der Waals surface area contributed by atoms with Gasteiger partial charge in [-0.25, -0.2) is 0 Å². The first kappa shape index (κ1) is 19.0. The third-order valence-electron chi connectivity index (χ3n) is 5.02. The Morgan fingerprint density at radius 2 is 1.23 bits per heavy atom. The van der Waals surface area contributed by atoms with Crippen LogP contribution in [0.3, 0.4) is 0 Å². The molecule has 0 spiro atoms. The van der Waals surface area contributed by atoms with Crippen LogP contribution in [0.5, 0.6) is 0 Å². The van der Waals surface area contributed by atoms with E-state index in [1.54, 1.807) is 6.92 Å². The molecule has 1 heterocycles. The molecule has 1 aliphatic heterocycles. The van der Waals surface area contributed by atoms with E-state index in [9.17, 15) is 9.59 Å². The van der Waals surface area contributed by atoms with E-state index in [2.05, 4.69) is 48.5 Å². The van der Waals surface area contributed by atoms with Gasteiger partial charge in [0.1, 0.15) is 0 Å². The summed E-state index contributed by atoms with van der Waals surface area (Å²) in [4.78, 5) is 28.5. The average Bonchev–Trinajstić information content (AvgIpc) is 2.34. The van der Waals surface area contributed by atoms with E-state index in [1.165, 1.54) is 0 Å². The highest BCUT2D eigenvalue weighted by atomic mass is 16.2. The molecule has 0 aromatic heterocycles. The lowest BCUT2D eigenvalue weighted by Gasteiger charge is -2.48. The van der Waals surface area contributed by atoms with Crippen molar-refractivity contribution < 1.29 is 9.59 Å². The molecule has 1 rings (SSSR count). The summed E-state index contributed by atoms with van der Waals surface area (Å²) < 4.78 is 0. The molecule has 22 heavy (non-hydrogen) atoms. The quantitative estimate of drug-likeness (QED) is 0.786. The standard InChI is InChI=1S/C18H34N2O2/c1-14(21)19-9-11-20(12-10-19)15(22)18(8,17(5,6)7)13-16(2,3)4/h9-13H2,1-8H3. The molecular weight excluding hydrogens is 276 g/mol. The van der Waals surface area contributed by atoms with Crippen LogP contribution < -0.4 is 0 Å². The van der Waals surface area contributed by atoms with Gasteiger partial charge in [-0.15, -0.1) is 0 Å². The van der Waals surface area contributed by atoms with E-state index < -0.39 is 5.41 Å². The second kappa shape index (κ2) is 6.21. The minimum Gasteiger partial charge on any atom is -0.339 e. The van der Waals surface area contributed by atoms with Crippen LogP contribution in [0.2, 0.25) is 0 Å². The van der Waals surface area contributed by atoms with Gasteiger partial charge in [0.25, 0.3) is 0 Å². The van der Waals surface area contributed by atoms with Gasteiger partial charge in [0, 0.05) is 33.1 Å². The maximum absolute atomic E-state index is 13.2. The van der Waals surface area contributed by atoms with Crippen molar-refractivity contribution in [2.45, 2.75) is 61.8 Å². The first-order chi connectivity index (χ1) is 9.78. The lowest BCUT2D eigenvalue weighted by molar-refractivity contribution is -0.154. The summed E-state index contributed by atoms with van der Waals surface area (Å²) in [6.45, 7) is 19.3. The van der Waals surface area contributed by atoms with Gasteiger partial charge in [-0.2, -0.15) is 0 Å². The fourth-order valence-corrected chi connectivity index (χ4v) is 3.30. The number of hydrogen-bond acceptors (Lipinski definition) is 2. The zero-order valence-corrected chi connectivity index (χ0v) is 15.7. The van der Waals surface area contributed by atoms with E-state index in [0.717, 1.165) is 6.42 Å². The summed E-state index contributed by atoms with van der Waals surface area (Å²) in [5.41, 5.74) is -0.405. The van der Waals surface area contributed by atoms with Crippen molar-refractivity contribution in [2.75, 3.05) is 26.2 Å². The fourth-order valence-electron chi connectivity index (χ4n) is 3.30. The molecule has 0 aliphatic carbocycles. The monoisotopic (exact) mass is 310 g/mol. The summed E-state index contributed by atoms with van der Waals surface area (Å²) in [6, 6.07) is 0. The summed E-state index contributed by atoms with van der Waals surface area (Å²) >= 11 is 0. The molecule has 0 N–H and O–H groups in total. The van der Waals surface area contributed by atoms with Crippen LogP contribution in [0.15, 0.2) is 0 Å². The zero-order chi connectivity index (χ0) is 17.3. The van der Waals surface area contributed by atoms with Gasteiger partial charge in [0.15, 0.2) is 0 Å². The number of nitrogens with zero attached hydrogens (tertiary/aromatic N) is 2. The van der Waals surface area contributed by atoms with E-state index >= 15 is 0 Å². The van der Waals surface area contributed by atoms with Crippen LogP contribution in [-0.4, -0.2) is 47.8 Å². The summed E-state index contributed by atoms with van der Waals surface area (Å²) in [7, 11) is 0. The number of carbonyl (C=O) groups excluding carboxylic acids is 2. The highest BCUT2D eigenvalue weighted by Crippen LogP contribution is 2.47. The topological polar surface area (TPSA) is 40.6 Å². The van der Waals surface area contributed by atoms with Crippen molar-refractivity contribution in [3.8, 4) is 0 Å². The van der Waals surface area contributed by atoms with Crippen LogP contribution in [0, 0.1) is 16.2 Å². The van der Waals surface area contributed by atoms with Gasteiger partial charge in [0.05, 0.1) is 5.41 Å². The Morgan fingerprint density at radius 3 is 1.55 bits per heavy atom. The van der Waals surface area contributed by atoms with E-state index in [-0.39, 0.29) is 22.6 Å². The normalized spacial score (nSPS) is 19.8.